The monoisotopic (exact) mass is 285 g/mol. The first-order valence-corrected chi connectivity index (χ1v) is 6.95. The van der Waals surface area contributed by atoms with Crippen molar-refractivity contribution >= 4 is 34.5 Å². The third-order valence-corrected chi connectivity index (χ3v) is 4.20. The quantitative estimate of drug-likeness (QED) is 0.876. The SMILES string of the molecule is Cc1sccc1C(N)Cc1ccc(Cl)cc1Cl. The van der Waals surface area contributed by atoms with Crippen LogP contribution >= 0.6 is 34.5 Å². The van der Waals surface area contributed by atoms with Gasteiger partial charge in [0, 0.05) is 21.0 Å². The third kappa shape index (κ3) is 3.02. The van der Waals surface area contributed by atoms with Gasteiger partial charge in [-0.15, -0.1) is 11.3 Å². The molecule has 0 bridgehead atoms. The normalized spacial score (nSPS) is 12.7. The zero-order valence-electron chi connectivity index (χ0n) is 9.41. The van der Waals surface area contributed by atoms with Crippen molar-refractivity contribution in [2.45, 2.75) is 19.4 Å². The van der Waals surface area contributed by atoms with E-state index < -0.39 is 0 Å². The molecule has 1 nitrogen and oxygen atoms in total. The fourth-order valence-electron chi connectivity index (χ4n) is 1.81. The number of rotatable bonds is 3. The van der Waals surface area contributed by atoms with Gasteiger partial charge in [0.2, 0.25) is 0 Å². The number of thiophene rings is 1. The molecule has 1 unspecified atom stereocenters. The van der Waals surface area contributed by atoms with Gasteiger partial charge in [-0.2, -0.15) is 0 Å². The minimum Gasteiger partial charge on any atom is -0.324 e. The van der Waals surface area contributed by atoms with E-state index in [9.17, 15) is 0 Å². The minimum atomic E-state index is -0.0140. The van der Waals surface area contributed by atoms with E-state index in [1.54, 1.807) is 17.4 Å². The summed E-state index contributed by atoms with van der Waals surface area (Å²) in [7, 11) is 0. The van der Waals surface area contributed by atoms with Gasteiger partial charge in [0.25, 0.3) is 0 Å². The number of aryl methyl sites for hydroxylation is 1. The molecule has 2 aromatic rings. The van der Waals surface area contributed by atoms with E-state index in [1.165, 1.54) is 10.4 Å². The molecular weight excluding hydrogens is 273 g/mol. The summed E-state index contributed by atoms with van der Waals surface area (Å²) >= 11 is 13.7. The summed E-state index contributed by atoms with van der Waals surface area (Å²) in [6, 6.07) is 7.60. The Balaban J connectivity index is 2.19. The molecular formula is C13H13Cl2NS. The van der Waals surface area contributed by atoms with E-state index >= 15 is 0 Å². The van der Waals surface area contributed by atoms with Crippen LogP contribution in [-0.4, -0.2) is 0 Å². The molecule has 0 amide bonds. The number of nitrogens with two attached hydrogens (primary N) is 1. The van der Waals surface area contributed by atoms with E-state index in [-0.39, 0.29) is 6.04 Å². The molecule has 0 saturated heterocycles. The summed E-state index contributed by atoms with van der Waals surface area (Å²) < 4.78 is 0. The van der Waals surface area contributed by atoms with Crippen LogP contribution in [-0.2, 0) is 6.42 Å². The van der Waals surface area contributed by atoms with Crippen molar-refractivity contribution < 1.29 is 0 Å². The fourth-order valence-corrected chi connectivity index (χ4v) is 3.07. The highest BCUT2D eigenvalue weighted by molar-refractivity contribution is 7.10. The summed E-state index contributed by atoms with van der Waals surface area (Å²) in [5, 5.41) is 3.40. The molecule has 0 radical (unpaired) electrons. The molecule has 0 saturated carbocycles. The van der Waals surface area contributed by atoms with Crippen molar-refractivity contribution in [1.29, 1.82) is 0 Å². The lowest BCUT2D eigenvalue weighted by molar-refractivity contribution is 0.721. The number of hydrogen-bond acceptors (Lipinski definition) is 2. The summed E-state index contributed by atoms with van der Waals surface area (Å²) in [5.74, 6) is 0. The third-order valence-electron chi connectivity index (χ3n) is 2.75. The van der Waals surface area contributed by atoms with Gasteiger partial charge in [0.1, 0.15) is 0 Å². The number of benzene rings is 1. The van der Waals surface area contributed by atoms with E-state index in [1.807, 2.05) is 12.1 Å². The van der Waals surface area contributed by atoms with Gasteiger partial charge < -0.3 is 5.73 Å². The van der Waals surface area contributed by atoms with Crippen molar-refractivity contribution in [2.75, 3.05) is 0 Å². The highest BCUT2D eigenvalue weighted by Crippen LogP contribution is 2.27. The molecule has 2 rings (SSSR count). The molecule has 17 heavy (non-hydrogen) atoms. The van der Waals surface area contributed by atoms with Crippen molar-refractivity contribution in [1.82, 2.24) is 0 Å². The van der Waals surface area contributed by atoms with Crippen molar-refractivity contribution in [3.05, 3.63) is 55.7 Å². The van der Waals surface area contributed by atoms with Gasteiger partial charge in [-0.25, -0.2) is 0 Å². The molecule has 2 N–H and O–H groups in total. The average Bonchev–Trinajstić information content (AvgIpc) is 2.68. The Morgan fingerprint density at radius 3 is 2.65 bits per heavy atom. The Hall–Kier alpha value is -0.540. The molecule has 90 valence electrons. The van der Waals surface area contributed by atoms with Crippen LogP contribution in [0, 0.1) is 6.92 Å². The molecule has 0 aliphatic carbocycles. The molecule has 0 fully saturated rings. The highest BCUT2D eigenvalue weighted by Gasteiger charge is 2.12. The fraction of sp³-hybridized carbons (Fsp3) is 0.231. The maximum Gasteiger partial charge on any atom is 0.0453 e. The van der Waals surface area contributed by atoms with Crippen LogP contribution in [0.25, 0.3) is 0 Å². The first-order chi connectivity index (χ1) is 8.08. The van der Waals surface area contributed by atoms with Gasteiger partial charge in [-0.1, -0.05) is 29.3 Å². The Kier molecular flexibility index (Phi) is 4.10. The van der Waals surface area contributed by atoms with Crippen LogP contribution in [0.5, 0.6) is 0 Å². The molecule has 0 aliphatic rings. The van der Waals surface area contributed by atoms with Crippen molar-refractivity contribution in [3.8, 4) is 0 Å². The Labute approximate surface area is 115 Å². The zero-order valence-corrected chi connectivity index (χ0v) is 11.7. The van der Waals surface area contributed by atoms with Gasteiger partial charge >= 0.3 is 0 Å². The predicted octanol–water partition coefficient (Wildman–Crippen LogP) is 4.61. The molecule has 0 aliphatic heterocycles. The lowest BCUT2D eigenvalue weighted by Gasteiger charge is -2.13. The van der Waals surface area contributed by atoms with E-state index in [0.29, 0.717) is 10.0 Å². The summed E-state index contributed by atoms with van der Waals surface area (Å²) in [4.78, 5) is 1.27. The maximum absolute atomic E-state index is 6.19. The molecule has 0 spiro atoms. The van der Waals surface area contributed by atoms with Crippen LogP contribution < -0.4 is 5.73 Å². The highest BCUT2D eigenvalue weighted by atomic mass is 35.5. The van der Waals surface area contributed by atoms with Crippen LogP contribution in [0.4, 0.5) is 0 Å². The largest absolute Gasteiger partial charge is 0.324 e. The van der Waals surface area contributed by atoms with Gasteiger partial charge in [-0.3, -0.25) is 0 Å². The van der Waals surface area contributed by atoms with E-state index in [4.69, 9.17) is 28.9 Å². The van der Waals surface area contributed by atoms with Gasteiger partial charge in [0.15, 0.2) is 0 Å². The van der Waals surface area contributed by atoms with Crippen LogP contribution in [0.2, 0.25) is 10.0 Å². The van der Waals surface area contributed by atoms with Crippen molar-refractivity contribution in [2.24, 2.45) is 5.73 Å². The lowest BCUT2D eigenvalue weighted by atomic mass is 10.0. The molecule has 4 heteroatoms. The van der Waals surface area contributed by atoms with Crippen LogP contribution in [0.3, 0.4) is 0 Å². The Morgan fingerprint density at radius 2 is 2.06 bits per heavy atom. The zero-order chi connectivity index (χ0) is 12.4. The smallest absolute Gasteiger partial charge is 0.0453 e. The van der Waals surface area contributed by atoms with Crippen LogP contribution in [0.15, 0.2) is 29.6 Å². The van der Waals surface area contributed by atoms with Gasteiger partial charge in [-0.05, 0) is 48.1 Å². The second-order valence-electron chi connectivity index (χ2n) is 3.98. The predicted molar refractivity (Wildman–Crippen MR) is 76.2 cm³/mol. The van der Waals surface area contributed by atoms with E-state index in [2.05, 4.69) is 18.4 Å². The minimum absolute atomic E-state index is 0.0140. The first kappa shape index (κ1) is 12.9. The number of hydrogen-bond donors (Lipinski definition) is 1. The second kappa shape index (κ2) is 5.40. The number of halogens is 2. The molecule has 1 heterocycles. The van der Waals surface area contributed by atoms with Gasteiger partial charge in [0.05, 0.1) is 0 Å². The summed E-state index contributed by atoms with van der Waals surface area (Å²) in [6.07, 6.45) is 0.730. The molecule has 1 aromatic heterocycles. The Bertz CT molecular complexity index is 522. The lowest BCUT2D eigenvalue weighted by Crippen LogP contribution is -2.13. The standard InChI is InChI=1S/C13H13Cl2NS/c1-8-11(4-5-17-8)13(16)6-9-2-3-10(14)7-12(9)15/h2-5,7,13H,6,16H2,1H3. The summed E-state index contributed by atoms with van der Waals surface area (Å²) in [6.45, 7) is 2.09. The molecule has 1 atom stereocenters. The molecule has 1 aromatic carbocycles. The average molecular weight is 286 g/mol. The van der Waals surface area contributed by atoms with Crippen molar-refractivity contribution in [3.63, 3.8) is 0 Å². The first-order valence-electron chi connectivity index (χ1n) is 5.31. The maximum atomic E-state index is 6.19. The van der Waals surface area contributed by atoms with E-state index in [0.717, 1.165) is 12.0 Å². The second-order valence-corrected chi connectivity index (χ2v) is 5.94. The summed E-state index contributed by atoms with van der Waals surface area (Å²) in [5.41, 5.74) is 8.43. The Morgan fingerprint density at radius 1 is 1.29 bits per heavy atom. The topological polar surface area (TPSA) is 26.0 Å². The van der Waals surface area contributed by atoms with Crippen LogP contribution in [0.1, 0.15) is 22.0 Å².